The third-order valence-electron chi connectivity index (χ3n) is 3.65. The molecular weight excluding hydrogens is 427 g/mol. The maximum atomic E-state index is 10.3. The summed E-state index contributed by atoms with van der Waals surface area (Å²) >= 11 is 0. The van der Waals surface area contributed by atoms with Crippen molar-refractivity contribution in [2.24, 2.45) is 0 Å². The Morgan fingerprint density at radius 1 is 0.700 bits per heavy atom. The van der Waals surface area contributed by atoms with Gasteiger partial charge in [-0.1, -0.05) is 70.4 Å². The Balaban J connectivity index is -0.000000178. The van der Waals surface area contributed by atoms with Crippen molar-refractivity contribution in [2.45, 2.75) is 137 Å². The molecule has 0 amide bonds. The molecule has 0 radical (unpaired) electrons. The first-order valence-electron chi connectivity index (χ1n) is 11.5. The van der Waals surface area contributed by atoms with E-state index in [0.717, 1.165) is 12.8 Å². The summed E-state index contributed by atoms with van der Waals surface area (Å²) in [6, 6.07) is 0. The molecule has 0 heterocycles. The average molecular weight is 481 g/mol. The Morgan fingerprint density at radius 3 is 1.33 bits per heavy atom. The summed E-state index contributed by atoms with van der Waals surface area (Å²) in [5.74, 6) is -0.664. The number of carboxylic acid groups (broad SMARTS) is 1. The standard InChI is InChI=1S/C18H34O2.2C3H8O.Al.Ti.3H/c1-2-3-4-5-6-7-8-9-10-11-12-13-14-15-16-17-18(19)20;2*1-3(2)4;;;;;/h9-10H,2-8,11-17H2,1H3,(H,19,20);2*3-4H,1-2H3;;;;;/b10-9-;;;;;;;. The van der Waals surface area contributed by atoms with E-state index in [1.54, 1.807) is 27.7 Å². The Bertz CT molecular complexity index is 313. The summed E-state index contributed by atoms with van der Waals surface area (Å²) in [6.45, 7) is 9.15. The van der Waals surface area contributed by atoms with Gasteiger partial charge in [-0.05, 0) is 59.8 Å². The van der Waals surface area contributed by atoms with Crippen LogP contribution in [-0.4, -0.2) is 50.9 Å². The van der Waals surface area contributed by atoms with E-state index in [1.165, 1.54) is 70.6 Å². The largest absolute Gasteiger partial charge is 0.481 e. The first-order chi connectivity index (χ1) is 13.2. The van der Waals surface area contributed by atoms with Crippen LogP contribution in [0.25, 0.3) is 0 Å². The molecule has 0 aliphatic rings. The van der Waals surface area contributed by atoms with E-state index >= 15 is 0 Å². The van der Waals surface area contributed by atoms with Gasteiger partial charge in [-0.3, -0.25) is 4.79 Å². The average Bonchev–Trinajstić information content (AvgIpc) is 2.57. The third kappa shape index (κ3) is 70.4. The van der Waals surface area contributed by atoms with Crippen LogP contribution in [0.4, 0.5) is 0 Å². The molecule has 0 bridgehead atoms. The van der Waals surface area contributed by atoms with E-state index in [0.29, 0.717) is 6.42 Å². The summed E-state index contributed by atoms with van der Waals surface area (Å²) in [5, 5.41) is 24.6. The fourth-order valence-electron chi connectivity index (χ4n) is 2.35. The van der Waals surface area contributed by atoms with Crippen LogP contribution in [-0.2, 0) is 26.5 Å². The van der Waals surface area contributed by atoms with Crippen molar-refractivity contribution >= 4 is 23.3 Å². The number of carboxylic acids is 1. The molecule has 3 N–H and O–H groups in total. The molecule has 0 saturated carbocycles. The fraction of sp³-hybridized carbons (Fsp3) is 0.875. The minimum Gasteiger partial charge on any atom is -0.481 e. The van der Waals surface area contributed by atoms with Crippen molar-refractivity contribution in [1.29, 1.82) is 0 Å². The van der Waals surface area contributed by atoms with Crippen LogP contribution in [0.1, 0.15) is 125 Å². The molecule has 0 rings (SSSR count). The van der Waals surface area contributed by atoms with Gasteiger partial charge in [0, 0.05) is 40.3 Å². The number of allylic oxidation sites excluding steroid dienone is 2. The van der Waals surface area contributed by atoms with E-state index in [4.69, 9.17) is 15.3 Å². The van der Waals surface area contributed by atoms with Crippen molar-refractivity contribution in [3.05, 3.63) is 12.2 Å². The predicted molar refractivity (Wildman–Crippen MR) is 132 cm³/mol. The summed E-state index contributed by atoms with van der Waals surface area (Å²) < 4.78 is 0. The first kappa shape index (κ1) is 40.7. The molecule has 180 valence electrons. The van der Waals surface area contributed by atoms with Gasteiger partial charge in [0.1, 0.15) is 0 Å². The molecule has 4 nitrogen and oxygen atoms in total. The van der Waals surface area contributed by atoms with Gasteiger partial charge in [0.25, 0.3) is 0 Å². The van der Waals surface area contributed by atoms with Crippen LogP contribution in [0.3, 0.4) is 0 Å². The maximum Gasteiger partial charge on any atom is 0.303 e. The van der Waals surface area contributed by atoms with E-state index < -0.39 is 5.97 Å². The zero-order valence-corrected chi connectivity index (χ0v) is 21.5. The van der Waals surface area contributed by atoms with Crippen LogP contribution in [0, 0.1) is 0 Å². The van der Waals surface area contributed by atoms with Gasteiger partial charge in [0.2, 0.25) is 0 Å². The zero-order chi connectivity index (χ0) is 22.0. The number of unbranched alkanes of at least 4 members (excludes halogenated alkanes) is 11. The van der Waals surface area contributed by atoms with Crippen molar-refractivity contribution in [2.75, 3.05) is 0 Å². The van der Waals surface area contributed by atoms with Crippen LogP contribution >= 0.6 is 0 Å². The van der Waals surface area contributed by atoms with Crippen LogP contribution in [0.5, 0.6) is 0 Å². The quantitative estimate of drug-likeness (QED) is 0.160. The maximum absolute atomic E-state index is 10.3. The van der Waals surface area contributed by atoms with Crippen molar-refractivity contribution in [3.63, 3.8) is 0 Å². The van der Waals surface area contributed by atoms with Gasteiger partial charge in [0.15, 0.2) is 17.4 Å². The summed E-state index contributed by atoms with van der Waals surface area (Å²) in [4.78, 5) is 10.3. The molecule has 0 unspecified atom stereocenters. The van der Waals surface area contributed by atoms with Crippen molar-refractivity contribution < 1.29 is 41.8 Å². The molecule has 0 aromatic carbocycles. The van der Waals surface area contributed by atoms with E-state index in [9.17, 15) is 4.79 Å². The van der Waals surface area contributed by atoms with Crippen molar-refractivity contribution in [3.8, 4) is 0 Å². The second kappa shape index (κ2) is 36.7. The van der Waals surface area contributed by atoms with Gasteiger partial charge >= 0.3 is 5.97 Å². The van der Waals surface area contributed by atoms with Gasteiger partial charge < -0.3 is 15.3 Å². The Kier molecular flexibility index (Phi) is 49.8. The molecule has 6 heteroatoms. The van der Waals surface area contributed by atoms with Gasteiger partial charge in [0.05, 0.1) is 0 Å². The SMILES string of the molecule is CC(C)O.CC(C)O.CCCCCCCC/C=C\CCCCCCCC(=O)O.[AlH3].[Ti]. The number of aliphatic hydroxyl groups excluding tert-OH is 2. The fourth-order valence-corrected chi connectivity index (χ4v) is 2.35. The molecule has 30 heavy (non-hydrogen) atoms. The number of rotatable bonds is 15. The first-order valence-corrected chi connectivity index (χ1v) is 11.5. The monoisotopic (exact) mass is 480 g/mol. The Hall–Kier alpha value is 0.377. The molecule has 0 saturated heterocycles. The second-order valence-corrected chi connectivity index (χ2v) is 7.92. The topological polar surface area (TPSA) is 77.8 Å². The molecule has 0 fully saturated rings. The van der Waals surface area contributed by atoms with E-state index in [1.807, 2.05) is 0 Å². The molecule has 0 atom stereocenters. The molecule has 0 aliphatic heterocycles. The van der Waals surface area contributed by atoms with Crippen LogP contribution in [0.2, 0.25) is 0 Å². The summed E-state index contributed by atoms with van der Waals surface area (Å²) in [5.41, 5.74) is 0. The molecular formula is C24H53AlO4Ti. The summed E-state index contributed by atoms with van der Waals surface area (Å²) in [7, 11) is 0. The minimum absolute atomic E-state index is 0. The number of hydrogen-bond donors (Lipinski definition) is 3. The number of hydrogen-bond acceptors (Lipinski definition) is 3. The third-order valence-corrected chi connectivity index (χ3v) is 3.65. The van der Waals surface area contributed by atoms with Crippen LogP contribution < -0.4 is 0 Å². The molecule has 0 aromatic heterocycles. The molecule has 0 aromatic rings. The van der Waals surface area contributed by atoms with Gasteiger partial charge in [-0.2, -0.15) is 0 Å². The van der Waals surface area contributed by atoms with Crippen molar-refractivity contribution in [1.82, 2.24) is 0 Å². The molecule has 0 spiro atoms. The van der Waals surface area contributed by atoms with E-state index in [2.05, 4.69) is 19.1 Å². The minimum atomic E-state index is -0.664. The van der Waals surface area contributed by atoms with Crippen LogP contribution in [0.15, 0.2) is 12.2 Å². The normalized spacial score (nSPS) is 9.90. The summed E-state index contributed by atoms with van der Waals surface area (Å²) in [6.07, 6.45) is 20.9. The second-order valence-electron chi connectivity index (χ2n) is 7.92. The Labute approximate surface area is 213 Å². The predicted octanol–water partition coefficient (Wildman–Crippen LogP) is 5.70. The van der Waals surface area contributed by atoms with Gasteiger partial charge in [-0.15, -0.1) is 0 Å². The van der Waals surface area contributed by atoms with Gasteiger partial charge in [-0.25, -0.2) is 0 Å². The number of aliphatic hydroxyl groups is 2. The smallest absolute Gasteiger partial charge is 0.303 e. The molecule has 0 aliphatic carbocycles. The number of carbonyl (C=O) groups is 1. The Morgan fingerprint density at radius 2 is 1.00 bits per heavy atom. The number of aliphatic carboxylic acids is 1. The zero-order valence-electron chi connectivity index (χ0n) is 20.0. The van der Waals surface area contributed by atoms with E-state index in [-0.39, 0.29) is 51.3 Å².